The normalized spacial score (nSPS) is 14.0. The molecule has 0 unspecified atom stereocenters. The molecule has 1 aliphatic carbocycles. The maximum atomic E-state index is 13.4. The van der Waals surface area contributed by atoms with Crippen LogP contribution in [-0.4, -0.2) is 21.1 Å². The summed E-state index contributed by atoms with van der Waals surface area (Å²) in [6.45, 7) is 2.78. The van der Waals surface area contributed by atoms with E-state index >= 15 is 0 Å². The Kier molecular flexibility index (Phi) is 6.50. The highest BCUT2D eigenvalue weighted by molar-refractivity contribution is 7.99. The molecule has 0 radical (unpaired) electrons. The fraction of sp³-hybridized carbons (Fsp3) is 0.435. The van der Waals surface area contributed by atoms with E-state index in [0.29, 0.717) is 23.0 Å². The van der Waals surface area contributed by atoms with Crippen molar-refractivity contribution in [2.45, 2.75) is 63.6 Å². The fourth-order valence-electron chi connectivity index (χ4n) is 3.86. The highest BCUT2D eigenvalue weighted by Crippen LogP contribution is 2.34. The van der Waals surface area contributed by atoms with Gasteiger partial charge in [0.05, 0.1) is 11.1 Å². The lowest BCUT2D eigenvalue weighted by molar-refractivity contribution is 0.102. The second kappa shape index (κ2) is 9.26. The summed E-state index contributed by atoms with van der Waals surface area (Å²) in [6, 6.07) is 9.32. The number of benzene rings is 1. The van der Waals surface area contributed by atoms with E-state index in [4.69, 9.17) is 4.98 Å². The van der Waals surface area contributed by atoms with E-state index in [-0.39, 0.29) is 11.3 Å². The molecule has 0 saturated carbocycles. The van der Waals surface area contributed by atoms with Crippen molar-refractivity contribution >= 4 is 39.1 Å². The molecule has 152 valence electrons. The second-order valence-corrected chi connectivity index (χ2v) is 9.55. The molecule has 0 saturated heterocycles. The van der Waals surface area contributed by atoms with Gasteiger partial charge >= 0.3 is 0 Å². The molecule has 29 heavy (non-hydrogen) atoms. The summed E-state index contributed by atoms with van der Waals surface area (Å²) >= 11 is 3.07. The molecule has 0 spiro atoms. The van der Waals surface area contributed by atoms with Gasteiger partial charge in [-0.2, -0.15) is 0 Å². The van der Waals surface area contributed by atoms with Gasteiger partial charge in [-0.05, 0) is 37.7 Å². The van der Waals surface area contributed by atoms with E-state index in [0.717, 1.165) is 42.3 Å². The summed E-state index contributed by atoms with van der Waals surface area (Å²) in [7, 11) is 0. The van der Waals surface area contributed by atoms with Crippen molar-refractivity contribution in [2.24, 2.45) is 0 Å². The summed E-state index contributed by atoms with van der Waals surface area (Å²) in [4.78, 5) is 33.1. The molecule has 2 heterocycles. The minimum absolute atomic E-state index is 0.0638. The molecule has 4 rings (SSSR count). The summed E-state index contributed by atoms with van der Waals surface area (Å²) in [6.07, 6.45) is 7.56. The Labute approximate surface area is 179 Å². The van der Waals surface area contributed by atoms with Gasteiger partial charge in [0, 0.05) is 17.0 Å². The van der Waals surface area contributed by atoms with E-state index in [9.17, 15) is 9.59 Å². The second-order valence-electron chi connectivity index (χ2n) is 7.53. The summed E-state index contributed by atoms with van der Waals surface area (Å²) in [5.41, 5.74) is 2.02. The van der Waals surface area contributed by atoms with E-state index in [2.05, 4.69) is 6.92 Å². The summed E-state index contributed by atoms with van der Waals surface area (Å²) in [5, 5.41) is 1.51. The van der Waals surface area contributed by atoms with Crippen molar-refractivity contribution in [3.05, 3.63) is 56.7 Å². The lowest BCUT2D eigenvalue weighted by atomic mass is 10.1. The number of Topliss-reactive ketones (excluding diaryl/α,β-unsaturated/α-hetero) is 1. The van der Waals surface area contributed by atoms with Crippen LogP contribution < -0.4 is 5.56 Å². The molecule has 2 aromatic heterocycles. The Balaban J connectivity index is 1.70. The van der Waals surface area contributed by atoms with Gasteiger partial charge in [-0.3, -0.25) is 14.2 Å². The van der Waals surface area contributed by atoms with Crippen LogP contribution in [0.2, 0.25) is 0 Å². The predicted molar refractivity (Wildman–Crippen MR) is 122 cm³/mol. The molecular weight excluding hydrogens is 400 g/mol. The highest BCUT2D eigenvalue weighted by Gasteiger charge is 2.22. The molecule has 6 heteroatoms. The van der Waals surface area contributed by atoms with Crippen LogP contribution >= 0.6 is 23.1 Å². The largest absolute Gasteiger partial charge is 0.293 e. The molecule has 1 aromatic carbocycles. The van der Waals surface area contributed by atoms with Crippen molar-refractivity contribution in [3.8, 4) is 0 Å². The maximum Gasteiger partial charge on any atom is 0.263 e. The first-order chi connectivity index (χ1) is 14.2. The number of unbranched alkanes of at least 4 members (excludes halogenated alkanes) is 1. The van der Waals surface area contributed by atoms with Crippen LogP contribution in [0.1, 0.15) is 59.8 Å². The molecule has 1 aliphatic rings. The number of carbonyl (C=O) groups is 1. The molecule has 0 amide bonds. The first-order valence-corrected chi connectivity index (χ1v) is 12.3. The van der Waals surface area contributed by atoms with Crippen molar-refractivity contribution < 1.29 is 4.79 Å². The van der Waals surface area contributed by atoms with Gasteiger partial charge in [-0.15, -0.1) is 11.3 Å². The summed E-state index contributed by atoms with van der Waals surface area (Å²) < 4.78 is 1.81. The number of hydrogen-bond acceptors (Lipinski definition) is 5. The number of rotatable bonds is 7. The zero-order chi connectivity index (χ0) is 20.2. The highest BCUT2D eigenvalue weighted by atomic mass is 32.2. The number of aromatic nitrogens is 2. The lowest BCUT2D eigenvalue weighted by Gasteiger charge is -2.12. The van der Waals surface area contributed by atoms with Crippen LogP contribution in [0.5, 0.6) is 0 Å². The minimum Gasteiger partial charge on any atom is -0.293 e. The quantitative estimate of drug-likeness (QED) is 0.217. The first kappa shape index (κ1) is 20.4. The van der Waals surface area contributed by atoms with Gasteiger partial charge in [-0.25, -0.2) is 4.98 Å². The summed E-state index contributed by atoms with van der Waals surface area (Å²) in [5.74, 6) is 0.355. The standard InChI is InChI=1S/C23H26N2O2S2/c1-2-3-14-25-22(27)20-17-12-8-5-9-13-19(17)29-21(20)24-23(25)28-15-18(26)16-10-6-4-7-11-16/h4,6-7,10-11H,2-3,5,8-9,12-15H2,1H3. The van der Waals surface area contributed by atoms with E-state index < -0.39 is 0 Å². The van der Waals surface area contributed by atoms with Gasteiger partial charge in [0.2, 0.25) is 0 Å². The third-order valence-electron chi connectivity index (χ3n) is 5.45. The number of fused-ring (bicyclic) bond motifs is 3. The fourth-order valence-corrected chi connectivity index (χ4v) is 6.08. The van der Waals surface area contributed by atoms with E-state index in [1.165, 1.54) is 35.0 Å². The monoisotopic (exact) mass is 426 g/mol. The number of nitrogens with zero attached hydrogens (tertiary/aromatic N) is 2. The Bertz CT molecular complexity index is 1070. The molecule has 0 aliphatic heterocycles. The van der Waals surface area contributed by atoms with Gasteiger partial charge in [0.25, 0.3) is 5.56 Å². The molecule has 0 bridgehead atoms. The number of ketones is 1. The lowest BCUT2D eigenvalue weighted by Crippen LogP contribution is -2.24. The van der Waals surface area contributed by atoms with Crippen molar-refractivity contribution in [1.82, 2.24) is 9.55 Å². The third kappa shape index (κ3) is 4.33. The SMILES string of the molecule is CCCCn1c(SCC(=O)c2ccccc2)nc2sc3c(c2c1=O)CCCCC3. The predicted octanol–water partition coefficient (Wildman–Crippen LogP) is 5.50. The Morgan fingerprint density at radius 2 is 1.97 bits per heavy atom. The number of thiophene rings is 1. The molecule has 3 aromatic rings. The topological polar surface area (TPSA) is 52.0 Å². The molecule has 0 fully saturated rings. The van der Waals surface area contributed by atoms with Crippen molar-refractivity contribution in [1.29, 1.82) is 0 Å². The minimum atomic E-state index is 0.0638. The third-order valence-corrected chi connectivity index (χ3v) is 7.62. The molecular formula is C23H26N2O2S2. The average molecular weight is 427 g/mol. The van der Waals surface area contributed by atoms with Gasteiger partial charge < -0.3 is 0 Å². The number of carbonyl (C=O) groups excluding carboxylic acids is 1. The Morgan fingerprint density at radius 1 is 1.17 bits per heavy atom. The van der Waals surface area contributed by atoms with Crippen LogP contribution in [0.15, 0.2) is 40.3 Å². The zero-order valence-electron chi connectivity index (χ0n) is 16.8. The van der Waals surface area contributed by atoms with E-state index in [1.807, 2.05) is 34.9 Å². The van der Waals surface area contributed by atoms with Crippen molar-refractivity contribution in [2.75, 3.05) is 5.75 Å². The smallest absolute Gasteiger partial charge is 0.263 e. The van der Waals surface area contributed by atoms with Gasteiger partial charge in [0.15, 0.2) is 10.9 Å². The van der Waals surface area contributed by atoms with Gasteiger partial charge in [0.1, 0.15) is 4.83 Å². The van der Waals surface area contributed by atoms with Crippen molar-refractivity contribution in [3.63, 3.8) is 0 Å². The molecule has 0 atom stereocenters. The number of hydrogen-bond donors (Lipinski definition) is 0. The number of thioether (sulfide) groups is 1. The average Bonchev–Trinajstić information content (AvgIpc) is 2.93. The van der Waals surface area contributed by atoms with Crippen LogP contribution in [-0.2, 0) is 19.4 Å². The number of aryl methyl sites for hydroxylation is 2. The van der Waals surface area contributed by atoms with Crippen LogP contribution in [0.4, 0.5) is 0 Å². The molecule has 4 nitrogen and oxygen atoms in total. The van der Waals surface area contributed by atoms with E-state index in [1.54, 1.807) is 11.3 Å². The van der Waals surface area contributed by atoms with Gasteiger partial charge in [-0.1, -0.05) is 61.9 Å². The Morgan fingerprint density at radius 3 is 2.76 bits per heavy atom. The van der Waals surface area contributed by atoms with Crippen LogP contribution in [0.3, 0.4) is 0 Å². The zero-order valence-corrected chi connectivity index (χ0v) is 18.4. The van der Waals surface area contributed by atoms with Crippen LogP contribution in [0, 0.1) is 0 Å². The first-order valence-electron chi connectivity index (χ1n) is 10.4. The maximum absolute atomic E-state index is 13.4. The Hall–Kier alpha value is -1.92. The van der Waals surface area contributed by atoms with Crippen LogP contribution in [0.25, 0.3) is 10.2 Å². The molecule has 0 N–H and O–H groups in total.